The van der Waals surface area contributed by atoms with E-state index in [2.05, 4.69) is 31.0 Å². The number of hydrogen-bond acceptors (Lipinski definition) is 4. The van der Waals surface area contributed by atoms with Crippen LogP contribution in [0.4, 0.5) is 0 Å². The van der Waals surface area contributed by atoms with Crippen molar-refractivity contribution >= 4 is 5.97 Å². The summed E-state index contributed by atoms with van der Waals surface area (Å²) >= 11 is 0. The summed E-state index contributed by atoms with van der Waals surface area (Å²) in [6, 6.07) is 1.17. The summed E-state index contributed by atoms with van der Waals surface area (Å²) in [7, 11) is 0. The Morgan fingerprint density at radius 3 is 2.68 bits per heavy atom. The first kappa shape index (κ1) is 14.8. The molecule has 1 heterocycles. The van der Waals surface area contributed by atoms with Gasteiger partial charge in [0.2, 0.25) is 0 Å². The fourth-order valence-electron chi connectivity index (χ4n) is 3.07. The molecule has 19 heavy (non-hydrogen) atoms. The van der Waals surface area contributed by atoms with E-state index in [0.717, 1.165) is 19.5 Å². The van der Waals surface area contributed by atoms with E-state index in [0.29, 0.717) is 24.6 Å². The van der Waals surface area contributed by atoms with Crippen molar-refractivity contribution in [3.63, 3.8) is 0 Å². The molecule has 0 aromatic heterocycles. The molecule has 2 fully saturated rings. The van der Waals surface area contributed by atoms with Crippen molar-refractivity contribution in [2.45, 2.75) is 64.6 Å². The second-order valence-corrected chi connectivity index (χ2v) is 6.53. The van der Waals surface area contributed by atoms with Crippen LogP contribution in [0.15, 0.2) is 0 Å². The maximum absolute atomic E-state index is 12.4. The Balaban J connectivity index is 2.08. The summed E-state index contributed by atoms with van der Waals surface area (Å²) in [5, 5.41) is 3.51. The number of nitrogens with zero attached hydrogens (tertiary/aromatic N) is 1. The molecule has 0 amide bonds. The number of ether oxygens (including phenoxy) is 1. The van der Waals surface area contributed by atoms with Gasteiger partial charge in [-0.1, -0.05) is 13.8 Å². The number of rotatable bonds is 6. The standard InChI is InChI=1S/C15H28N2O2/c1-5-19-14(18)15(16-9-11(2)3)8-12(4)17(10-15)13-6-7-13/h11-13,16H,5-10H2,1-4H3. The maximum atomic E-state index is 12.4. The van der Waals surface area contributed by atoms with Crippen LogP contribution in [0.25, 0.3) is 0 Å². The highest BCUT2D eigenvalue weighted by Crippen LogP contribution is 2.37. The topological polar surface area (TPSA) is 41.6 Å². The molecule has 0 aromatic rings. The molecule has 0 aromatic carbocycles. The van der Waals surface area contributed by atoms with E-state index in [4.69, 9.17) is 4.74 Å². The van der Waals surface area contributed by atoms with Gasteiger partial charge in [0.15, 0.2) is 0 Å². The second kappa shape index (κ2) is 5.80. The molecule has 1 saturated heterocycles. The Morgan fingerprint density at radius 2 is 2.16 bits per heavy atom. The van der Waals surface area contributed by atoms with Gasteiger partial charge in [-0.05, 0) is 45.6 Å². The lowest BCUT2D eigenvalue weighted by atomic mass is 9.95. The normalized spacial score (nSPS) is 31.9. The van der Waals surface area contributed by atoms with Crippen LogP contribution in [0.3, 0.4) is 0 Å². The van der Waals surface area contributed by atoms with Crippen LogP contribution < -0.4 is 5.32 Å². The van der Waals surface area contributed by atoms with E-state index in [1.54, 1.807) is 0 Å². The number of carbonyl (C=O) groups excluding carboxylic acids is 1. The van der Waals surface area contributed by atoms with Gasteiger partial charge in [-0.2, -0.15) is 0 Å². The Labute approximate surface area is 116 Å². The molecule has 2 atom stereocenters. The van der Waals surface area contributed by atoms with Crippen molar-refractivity contribution in [1.29, 1.82) is 0 Å². The molecule has 2 rings (SSSR count). The lowest BCUT2D eigenvalue weighted by Crippen LogP contribution is -2.56. The van der Waals surface area contributed by atoms with Crippen molar-refractivity contribution in [2.75, 3.05) is 19.7 Å². The molecule has 4 nitrogen and oxygen atoms in total. The highest BCUT2D eigenvalue weighted by Gasteiger charge is 2.51. The molecule has 2 aliphatic rings. The van der Waals surface area contributed by atoms with Gasteiger partial charge in [0.1, 0.15) is 5.54 Å². The molecule has 0 spiro atoms. The van der Waals surface area contributed by atoms with Gasteiger partial charge in [0, 0.05) is 18.6 Å². The Bertz CT molecular complexity index is 328. The second-order valence-electron chi connectivity index (χ2n) is 6.53. The maximum Gasteiger partial charge on any atom is 0.327 e. The third kappa shape index (κ3) is 3.29. The van der Waals surface area contributed by atoms with Crippen molar-refractivity contribution in [3.8, 4) is 0 Å². The van der Waals surface area contributed by atoms with Crippen molar-refractivity contribution in [1.82, 2.24) is 10.2 Å². The van der Waals surface area contributed by atoms with Gasteiger partial charge >= 0.3 is 5.97 Å². The van der Waals surface area contributed by atoms with Crippen LogP contribution in [0.1, 0.15) is 47.0 Å². The molecule has 1 saturated carbocycles. The minimum absolute atomic E-state index is 0.0642. The van der Waals surface area contributed by atoms with Gasteiger partial charge in [0.25, 0.3) is 0 Å². The van der Waals surface area contributed by atoms with Crippen molar-refractivity contribution < 1.29 is 9.53 Å². The number of likely N-dealkylation sites (tertiary alicyclic amines) is 1. The quantitative estimate of drug-likeness (QED) is 0.746. The van der Waals surface area contributed by atoms with Crippen LogP contribution in [-0.4, -0.2) is 48.2 Å². The molecular formula is C15H28N2O2. The number of carbonyl (C=O) groups is 1. The molecular weight excluding hydrogens is 240 g/mol. The summed E-state index contributed by atoms with van der Waals surface area (Å²) in [6.07, 6.45) is 3.44. The van der Waals surface area contributed by atoms with Crippen LogP contribution >= 0.6 is 0 Å². The molecule has 0 bridgehead atoms. The zero-order valence-electron chi connectivity index (χ0n) is 12.7. The average Bonchev–Trinajstić information content (AvgIpc) is 3.12. The number of hydrogen-bond donors (Lipinski definition) is 1. The summed E-state index contributed by atoms with van der Waals surface area (Å²) in [6.45, 7) is 10.6. The Hall–Kier alpha value is -0.610. The molecule has 2 unspecified atom stereocenters. The smallest absolute Gasteiger partial charge is 0.327 e. The van der Waals surface area contributed by atoms with Gasteiger partial charge < -0.3 is 10.1 Å². The summed E-state index contributed by atoms with van der Waals surface area (Å²) < 4.78 is 5.33. The lowest BCUT2D eigenvalue weighted by Gasteiger charge is -2.29. The third-order valence-corrected chi connectivity index (χ3v) is 4.19. The highest BCUT2D eigenvalue weighted by atomic mass is 16.5. The van der Waals surface area contributed by atoms with Crippen LogP contribution in [-0.2, 0) is 9.53 Å². The van der Waals surface area contributed by atoms with Crippen LogP contribution in [0.5, 0.6) is 0 Å². The largest absolute Gasteiger partial charge is 0.465 e. The Morgan fingerprint density at radius 1 is 1.47 bits per heavy atom. The van der Waals surface area contributed by atoms with Crippen molar-refractivity contribution in [3.05, 3.63) is 0 Å². The number of esters is 1. The van der Waals surface area contributed by atoms with E-state index < -0.39 is 5.54 Å². The molecule has 1 aliphatic carbocycles. The molecule has 1 aliphatic heterocycles. The molecule has 110 valence electrons. The van der Waals surface area contributed by atoms with Gasteiger partial charge in [-0.15, -0.1) is 0 Å². The third-order valence-electron chi connectivity index (χ3n) is 4.19. The first-order chi connectivity index (χ1) is 8.98. The highest BCUT2D eigenvalue weighted by molar-refractivity contribution is 5.82. The van der Waals surface area contributed by atoms with Crippen molar-refractivity contribution in [2.24, 2.45) is 5.92 Å². The lowest BCUT2D eigenvalue weighted by molar-refractivity contribution is -0.150. The van der Waals surface area contributed by atoms with E-state index in [-0.39, 0.29) is 5.97 Å². The van der Waals surface area contributed by atoms with E-state index in [1.807, 2.05) is 6.92 Å². The van der Waals surface area contributed by atoms with E-state index in [9.17, 15) is 4.79 Å². The first-order valence-corrected chi connectivity index (χ1v) is 7.66. The first-order valence-electron chi connectivity index (χ1n) is 7.66. The molecule has 0 radical (unpaired) electrons. The number of nitrogens with one attached hydrogen (secondary N) is 1. The fourth-order valence-corrected chi connectivity index (χ4v) is 3.07. The van der Waals surface area contributed by atoms with Crippen LogP contribution in [0.2, 0.25) is 0 Å². The predicted molar refractivity (Wildman–Crippen MR) is 76.0 cm³/mol. The summed E-state index contributed by atoms with van der Waals surface area (Å²) in [5.74, 6) is 0.474. The Kier molecular flexibility index (Phi) is 4.51. The summed E-state index contributed by atoms with van der Waals surface area (Å²) in [4.78, 5) is 14.9. The summed E-state index contributed by atoms with van der Waals surface area (Å²) in [5.41, 5.74) is -0.484. The predicted octanol–water partition coefficient (Wildman–Crippen LogP) is 1.79. The van der Waals surface area contributed by atoms with E-state index in [1.165, 1.54) is 12.8 Å². The van der Waals surface area contributed by atoms with Gasteiger partial charge in [0.05, 0.1) is 6.61 Å². The van der Waals surface area contributed by atoms with Crippen LogP contribution in [0, 0.1) is 5.92 Å². The minimum atomic E-state index is -0.484. The van der Waals surface area contributed by atoms with E-state index >= 15 is 0 Å². The SMILES string of the molecule is CCOC(=O)C1(NCC(C)C)CC(C)N(C2CC2)C1. The minimum Gasteiger partial charge on any atom is -0.465 e. The molecule has 4 heteroatoms. The fraction of sp³-hybridized carbons (Fsp3) is 0.933. The zero-order chi connectivity index (χ0) is 14.0. The monoisotopic (exact) mass is 268 g/mol. The molecule has 1 N–H and O–H groups in total. The van der Waals surface area contributed by atoms with Gasteiger partial charge in [-0.25, -0.2) is 4.79 Å². The average molecular weight is 268 g/mol. The van der Waals surface area contributed by atoms with Gasteiger partial charge in [-0.3, -0.25) is 4.90 Å². The zero-order valence-corrected chi connectivity index (χ0v) is 12.7.